The van der Waals surface area contributed by atoms with E-state index in [2.05, 4.69) is 48.5 Å². The molecule has 0 saturated heterocycles. The summed E-state index contributed by atoms with van der Waals surface area (Å²) >= 11 is 0. The standard InChI is InChI=1S/C23H20O2/c1-25-23-21-15-20(17-10-6-3-7-11-17)19(16-8-4-2-5-9-16)14-18(21)12-13-22(23)24/h2-11,14-15,23H,12-13H2,1H3. The van der Waals surface area contributed by atoms with Crippen LogP contribution in [0.5, 0.6) is 0 Å². The number of benzene rings is 3. The van der Waals surface area contributed by atoms with E-state index in [0.717, 1.165) is 23.1 Å². The summed E-state index contributed by atoms with van der Waals surface area (Å²) in [5.41, 5.74) is 6.91. The summed E-state index contributed by atoms with van der Waals surface area (Å²) in [6, 6.07) is 25.1. The third-order valence-corrected chi connectivity index (χ3v) is 4.90. The molecule has 2 nitrogen and oxygen atoms in total. The van der Waals surface area contributed by atoms with Crippen LogP contribution in [-0.2, 0) is 16.0 Å². The molecule has 0 N–H and O–H groups in total. The van der Waals surface area contributed by atoms with E-state index in [-0.39, 0.29) is 5.78 Å². The fraction of sp³-hybridized carbons (Fsp3) is 0.174. The van der Waals surface area contributed by atoms with Crippen molar-refractivity contribution in [2.45, 2.75) is 18.9 Å². The molecule has 2 heteroatoms. The molecule has 4 rings (SSSR count). The molecule has 0 spiro atoms. The normalized spacial score (nSPS) is 16.5. The number of hydrogen-bond acceptors (Lipinski definition) is 2. The third kappa shape index (κ3) is 2.90. The molecule has 0 aromatic heterocycles. The molecule has 0 radical (unpaired) electrons. The lowest BCUT2D eigenvalue weighted by molar-refractivity contribution is -0.129. The van der Waals surface area contributed by atoms with Crippen LogP contribution in [0.4, 0.5) is 0 Å². The maximum absolute atomic E-state index is 12.3. The number of aryl methyl sites for hydroxylation is 1. The van der Waals surface area contributed by atoms with Crippen LogP contribution in [0.3, 0.4) is 0 Å². The van der Waals surface area contributed by atoms with E-state index >= 15 is 0 Å². The fourth-order valence-corrected chi connectivity index (χ4v) is 3.66. The maximum Gasteiger partial charge on any atom is 0.166 e. The Bertz CT molecular complexity index is 898. The van der Waals surface area contributed by atoms with Crippen LogP contribution in [-0.4, -0.2) is 12.9 Å². The third-order valence-electron chi connectivity index (χ3n) is 4.90. The predicted octanol–water partition coefficient (Wildman–Crippen LogP) is 5.22. The molecule has 0 fully saturated rings. The Balaban J connectivity index is 1.97. The smallest absolute Gasteiger partial charge is 0.166 e. The first-order valence-electron chi connectivity index (χ1n) is 8.61. The molecule has 3 aromatic rings. The molecule has 1 unspecified atom stereocenters. The molecule has 3 aromatic carbocycles. The van der Waals surface area contributed by atoms with E-state index in [1.54, 1.807) is 7.11 Å². The summed E-state index contributed by atoms with van der Waals surface area (Å²) in [4.78, 5) is 12.3. The minimum absolute atomic E-state index is 0.168. The highest BCUT2D eigenvalue weighted by atomic mass is 16.5. The average molecular weight is 328 g/mol. The highest BCUT2D eigenvalue weighted by Gasteiger charge is 2.29. The molecule has 0 amide bonds. The molecular formula is C23H20O2. The van der Waals surface area contributed by atoms with Crippen LogP contribution in [0.1, 0.15) is 23.7 Å². The van der Waals surface area contributed by atoms with Crippen molar-refractivity contribution in [2.75, 3.05) is 7.11 Å². The van der Waals surface area contributed by atoms with Crippen molar-refractivity contribution in [2.24, 2.45) is 0 Å². The Morgan fingerprint density at radius 3 is 1.92 bits per heavy atom. The quantitative estimate of drug-likeness (QED) is 0.658. The van der Waals surface area contributed by atoms with Crippen molar-refractivity contribution in [1.82, 2.24) is 0 Å². The second-order valence-electron chi connectivity index (χ2n) is 6.41. The Morgan fingerprint density at radius 2 is 1.36 bits per heavy atom. The van der Waals surface area contributed by atoms with Crippen LogP contribution in [0, 0.1) is 0 Å². The van der Waals surface area contributed by atoms with Crippen LogP contribution in [0.15, 0.2) is 72.8 Å². The number of methoxy groups -OCH3 is 1. The van der Waals surface area contributed by atoms with Gasteiger partial charge in [-0.1, -0.05) is 66.7 Å². The van der Waals surface area contributed by atoms with E-state index in [4.69, 9.17) is 4.74 Å². The Morgan fingerprint density at radius 1 is 0.800 bits per heavy atom. The highest BCUT2D eigenvalue weighted by Crippen LogP contribution is 2.39. The minimum Gasteiger partial charge on any atom is -0.369 e. The zero-order valence-electron chi connectivity index (χ0n) is 14.2. The summed E-state index contributed by atoms with van der Waals surface area (Å²) in [5, 5.41) is 0. The zero-order valence-corrected chi connectivity index (χ0v) is 14.2. The minimum atomic E-state index is -0.448. The second kappa shape index (κ2) is 6.66. The van der Waals surface area contributed by atoms with Crippen LogP contribution < -0.4 is 0 Å². The van der Waals surface area contributed by atoms with Crippen molar-refractivity contribution in [3.8, 4) is 22.3 Å². The molecule has 0 saturated carbocycles. The van der Waals surface area contributed by atoms with Gasteiger partial charge in [0.15, 0.2) is 5.78 Å². The number of carbonyl (C=O) groups is 1. The molecule has 1 atom stereocenters. The first kappa shape index (κ1) is 15.8. The monoisotopic (exact) mass is 328 g/mol. The Kier molecular flexibility index (Phi) is 4.21. The number of hydrogen-bond donors (Lipinski definition) is 0. The Labute approximate surface area is 148 Å². The number of carbonyl (C=O) groups excluding carboxylic acids is 1. The fourth-order valence-electron chi connectivity index (χ4n) is 3.66. The highest BCUT2D eigenvalue weighted by molar-refractivity contribution is 5.90. The Hall–Kier alpha value is -2.71. The molecule has 0 bridgehead atoms. The molecule has 124 valence electrons. The van der Waals surface area contributed by atoms with Gasteiger partial charge in [-0.3, -0.25) is 4.79 Å². The summed E-state index contributed by atoms with van der Waals surface area (Å²) in [7, 11) is 1.62. The summed E-state index contributed by atoms with van der Waals surface area (Å²) in [5.74, 6) is 0.168. The molecule has 1 aliphatic rings. The van der Waals surface area contributed by atoms with Gasteiger partial charge in [-0.05, 0) is 45.9 Å². The molecule has 0 heterocycles. The predicted molar refractivity (Wildman–Crippen MR) is 100 cm³/mol. The van der Waals surface area contributed by atoms with Gasteiger partial charge in [0.05, 0.1) is 0 Å². The van der Waals surface area contributed by atoms with Crippen molar-refractivity contribution in [1.29, 1.82) is 0 Å². The number of rotatable bonds is 3. The first-order chi connectivity index (χ1) is 12.3. The number of fused-ring (bicyclic) bond motifs is 1. The summed E-state index contributed by atoms with van der Waals surface area (Å²) in [6.45, 7) is 0. The van der Waals surface area contributed by atoms with Gasteiger partial charge in [-0.25, -0.2) is 0 Å². The second-order valence-corrected chi connectivity index (χ2v) is 6.41. The van der Waals surface area contributed by atoms with E-state index in [0.29, 0.717) is 6.42 Å². The van der Waals surface area contributed by atoms with E-state index in [1.165, 1.54) is 16.7 Å². The van der Waals surface area contributed by atoms with Gasteiger partial charge in [0.2, 0.25) is 0 Å². The lowest BCUT2D eigenvalue weighted by Crippen LogP contribution is -2.22. The SMILES string of the molecule is COC1C(=O)CCc2cc(-c3ccccc3)c(-c3ccccc3)cc21. The van der Waals surface area contributed by atoms with E-state index in [1.807, 2.05) is 24.3 Å². The van der Waals surface area contributed by atoms with Gasteiger partial charge < -0.3 is 4.74 Å². The van der Waals surface area contributed by atoms with Crippen LogP contribution in [0.25, 0.3) is 22.3 Å². The van der Waals surface area contributed by atoms with Gasteiger partial charge >= 0.3 is 0 Å². The van der Waals surface area contributed by atoms with Crippen molar-refractivity contribution < 1.29 is 9.53 Å². The number of ketones is 1. The van der Waals surface area contributed by atoms with Crippen LogP contribution >= 0.6 is 0 Å². The van der Waals surface area contributed by atoms with Crippen LogP contribution in [0.2, 0.25) is 0 Å². The van der Waals surface area contributed by atoms with Gasteiger partial charge in [0.1, 0.15) is 6.10 Å². The summed E-state index contributed by atoms with van der Waals surface area (Å²) in [6.07, 6.45) is 0.879. The lowest BCUT2D eigenvalue weighted by Gasteiger charge is -2.25. The number of ether oxygens (including phenoxy) is 1. The molecular weight excluding hydrogens is 308 g/mol. The van der Waals surface area contributed by atoms with Crippen molar-refractivity contribution in [3.05, 3.63) is 83.9 Å². The number of Topliss-reactive ketones (excluding diaryl/α,β-unsaturated/α-hetero) is 1. The van der Waals surface area contributed by atoms with E-state index < -0.39 is 6.10 Å². The topological polar surface area (TPSA) is 26.3 Å². The summed E-state index contributed by atoms with van der Waals surface area (Å²) < 4.78 is 5.52. The van der Waals surface area contributed by atoms with Gasteiger partial charge in [-0.2, -0.15) is 0 Å². The molecule has 25 heavy (non-hydrogen) atoms. The van der Waals surface area contributed by atoms with Crippen molar-refractivity contribution in [3.63, 3.8) is 0 Å². The lowest BCUT2D eigenvalue weighted by atomic mass is 9.82. The molecule has 1 aliphatic carbocycles. The van der Waals surface area contributed by atoms with Gasteiger partial charge in [0.25, 0.3) is 0 Å². The zero-order chi connectivity index (χ0) is 17.2. The van der Waals surface area contributed by atoms with Gasteiger partial charge in [0, 0.05) is 13.5 Å². The molecule has 0 aliphatic heterocycles. The van der Waals surface area contributed by atoms with Gasteiger partial charge in [-0.15, -0.1) is 0 Å². The first-order valence-corrected chi connectivity index (χ1v) is 8.61. The maximum atomic E-state index is 12.3. The van der Waals surface area contributed by atoms with Crippen molar-refractivity contribution >= 4 is 5.78 Å². The van der Waals surface area contributed by atoms with E-state index in [9.17, 15) is 4.79 Å². The average Bonchev–Trinajstić information content (AvgIpc) is 2.68. The largest absolute Gasteiger partial charge is 0.369 e.